The second-order valence-corrected chi connectivity index (χ2v) is 3.28. The first-order chi connectivity index (χ1) is 6.26. The summed E-state index contributed by atoms with van der Waals surface area (Å²) in [7, 11) is 1.99. The van der Waals surface area contributed by atoms with E-state index >= 15 is 0 Å². The van der Waals surface area contributed by atoms with Gasteiger partial charge in [-0.2, -0.15) is 0 Å². The van der Waals surface area contributed by atoms with E-state index in [-0.39, 0.29) is 0 Å². The molecule has 1 N–H and O–H groups in total. The molecule has 0 saturated carbocycles. The maximum absolute atomic E-state index is 5.54. The molecule has 0 aliphatic rings. The van der Waals surface area contributed by atoms with Crippen LogP contribution in [0, 0.1) is 0 Å². The Morgan fingerprint density at radius 2 is 2.23 bits per heavy atom. The third-order valence-corrected chi connectivity index (χ3v) is 2.29. The highest BCUT2D eigenvalue weighted by Crippen LogP contribution is 2.07. The molecular weight excluding hydrogens is 162 g/mol. The Morgan fingerprint density at radius 1 is 1.54 bits per heavy atom. The number of likely N-dealkylation sites (N-methyl/N-ethyl adjacent to an activating group) is 1. The van der Waals surface area contributed by atoms with Crippen LogP contribution in [0.25, 0.3) is 0 Å². The van der Waals surface area contributed by atoms with Crippen LogP contribution in [0.2, 0.25) is 0 Å². The van der Waals surface area contributed by atoms with Gasteiger partial charge in [-0.1, -0.05) is 6.08 Å². The molecule has 0 aromatic carbocycles. The molecule has 0 bridgehead atoms. The van der Waals surface area contributed by atoms with E-state index in [0.717, 1.165) is 19.4 Å². The van der Waals surface area contributed by atoms with Crippen LogP contribution < -0.4 is 5.32 Å². The lowest BCUT2D eigenvalue weighted by atomic mass is 10.1. The molecule has 2 unspecified atom stereocenters. The Balaban J connectivity index is 3.65. The molecule has 78 valence electrons. The van der Waals surface area contributed by atoms with Gasteiger partial charge >= 0.3 is 0 Å². The smallest absolute Gasteiger partial charge is 0.0699 e. The summed E-state index contributed by atoms with van der Waals surface area (Å²) in [6.45, 7) is 8.66. The van der Waals surface area contributed by atoms with Gasteiger partial charge in [0.05, 0.1) is 6.10 Å². The summed E-state index contributed by atoms with van der Waals surface area (Å²) in [6, 6.07) is 0.472. The summed E-state index contributed by atoms with van der Waals surface area (Å²) in [4.78, 5) is 0. The van der Waals surface area contributed by atoms with Crippen molar-refractivity contribution in [1.82, 2.24) is 5.32 Å². The minimum absolute atomic E-state index is 0.305. The molecular formula is C11H23NO. The number of allylic oxidation sites excluding steroid dienone is 1. The molecule has 0 saturated heterocycles. The quantitative estimate of drug-likeness (QED) is 0.463. The number of hydrogen-bond acceptors (Lipinski definition) is 2. The van der Waals surface area contributed by atoms with Crippen molar-refractivity contribution in [3.8, 4) is 0 Å². The number of hydrogen-bond donors (Lipinski definition) is 1. The highest BCUT2D eigenvalue weighted by molar-refractivity contribution is 4.74. The molecule has 0 aliphatic carbocycles. The molecule has 0 rings (SSSR count). The average Bonchev–Trinajstić information content (AvgIpc) is 2.13. The molecule has 0 heterocycles. The molecule has 0 amide bonds. The van der Waals surface area contributed by atoms with Crippen molar-refractivity contribution in [2.45, 2.75) is 45.3 Å². The van der Waals surface area contributed by atoms with Crippen LogP contribution in [0.4, 0.5) is 0 Å². The van der Waals surface area contributed by atoms with Gasteiger partial charge in [0.2, 0.25) is 0 Å². The van der Waals surface area contributed by atoms with Crippen molar-refractivity contribution in [2.24, 2.45) is 0 Å². The summed E-state index contributed by atoms with van der Waals surface area (Å²) in [6.07, 6.45) is 5.71. The second kappa shape index (κ2) is 8.27. The van der Waals surface area contributed by atoms with Crippen molar-refractivity contribution in [1.29, 1.82) is 0 Å². The maximum atomic E-state index is 5.54. The third kappa shape index (κ3) is 5.83. The molecule has 0 aliphatic heterocycles. The van der Waals surface area contributed by atoms with E-state index in [1.54, 1.807) is 0 Å². The summed E-state index contributed by atoms with van der Waals surface area (Å²) in [5, 5.41) is 3.29. The largest absolute Gasteiger partial charge is 0.377 e. The van der Waals surface area contributed by atoms with Gasteiger partial charge in [-0.05, 0) is 40.2 Å². The van der Waals surface area contributed by atoms with Crippen LogP contribution in [0.15, 0.2) is 12.7 Å². The topological polar surface area (TPSA) is 21.3 Å². The van der Waals surface area contributed by atoms with Gasteiger partial charge in [-0.15, -0.1) is 6.58 Å². The lowest BCUT2D eigenvalue weighted by Gasteiger charge is -2.23. The Hall–Kier alpha value is -0.340. The van der Waals surface area contributed by atoms with Crippen molar-refractivity contribution < 1.29 is 4.74 Å². The number of ether oxygens (including phenoxy) is 1. The fraction of sp³-hybridized carbons (Fsp3) is 0.818. The SMILES string of the molecule is C=CCCCC(NC)C(C)OCC. The van der Waals surface area contributed by atoms with Crippen LogP contribution in [0.1, 0.15) is 33.1 Å². The normalized spacial score (nSPS) is 15.3. The second-order valence-electron chi connectivity index (χ2n) is 3.28. The van der Waals surface area contributed by atoms with Crippen LogP contribution >= 0.6 is 0 Å². The molecule has 13 heavy (non-hydrogen) atoms. The highest BCUT2D eigenvalue weighted by atomic mass is 16.5. The monoisotopic (exact) mass is 185 g/mol. The fourth-order valence-electron chi connectivity index (χ4n) is 1.47. The van der Waals surface area contributed by atoms with E-state index in [4.69, 9.17) is 4.74 Å². The predicted molar refractivity (Wildman–Crippen MR) is 58.0 cm³/mol. The number of nitrogens with one attached hydrogen (secondary N) is 1. The van der Waals surface area contributed by atoms with Crippen LogP contribution in [0.5, 0.6) is 0 Å². The maximum Gasteiger partial charge on any atom is 0.0699 e. The third-order valence-electron chi connectivity index (χ3n) is 2.29. The van der Waals surface area contributed by atoms with E-state index in [2.05, 4.69) is 18.8 Å². The van der Waals surface area contributed by atoms with E-state index in [1.807, 2.05) is 20.0 Å². The summed E-state index contributed by atoms with van der Waals surface area (Å²) >= 11 is 0. The zero-order valence-electron chi connectivity index (χ0n) is 9.18. The van der Waals surface area contributed by atoms with Gasteiger partial charge in [-0.25, -0.2) is 0 Å². The molecule has 2 heteroatoms. The minimum Gasteiger partial charge on any atom is -0.377 e. The molecule has 0 spiro atoms. The van der Waals surface area contributed by atoms with Gasteiger partial charge in [-0.3, -0.25) is 0 Å². The van der Waals surface area contributed by atoms with Crippen molar-refractivity contribution in [2.75, 3.05) is 13.7 Å². The lowest BCUT2D eigenvalue weighted by molar-refractivity contribution is 0.0469. The van der Waals surface area contributed by atoms with E-state index < -0.39 is 0 Å². The van der Waals surface area contributed by atoms with Gasteiger partial charge in [0, 0.05) is 12.6 Å². The fourth-order valence-corrected chi connectivity index (χ4v) is 1.47. The van der Waals surface area contributed by atoms with Crippen molar-refractivity contribution in [3.05, 3.63) is 12.7 Å². The lowest BCUT2D eigenvalue weighted by Crippen LogP contribution is -2.37. The highest BCUT2D eigenvalue weighted by Gasteiger charge is 2.13. The van der Waals surface area contributed by atoms with E-state index in [9.17, 15) is 0 Å². The van der Waals surface area contributed by atoms with Gasteiger partial charge in [0.1, 0.15) is 0 Å². The predicted octanol–water partition coefficient (Wildman–Crippen LogP) is 2.36. The van der Waals surface area contributed by atoms with E-state index in [1.165, 1.54) is 6.42 Å². The zero-order chi connectivity index (χ0) is 10.1. The molecule has 2 nitrogen and oxygen atoms in total. The Morgan fingerprint density at radius 3 is 2.69 bits per heavy atom. The van der Waals surface area contributed by atoms with Gasteiger partial charge < -0.3 is 10.1 Å². The summed E-state index contributed by atoms with van der Waals surface area (Å²) < 4.78 is 5.54. The molecule has 0 fully saturated rings. The zero-order valence-corrected chi connectivity index (χ0v) is 9.18. The number of unbranched alkanes of at least 4 members (excludes halogenated alkanes) is 1. The van der Waals surface area contributed by atoms with Crippen molar-refractivity contribution in [3.63, 3.8) is 0 Å². The Kier molecular flexibility index (Phi) is 8.05. The van der Waals surface area contributed by atoms with E-state index in [0.29, 0.717) is 12.1 Å². The summed E-state index contributed by atoms with van der Waals surface area (Å²) in [5.74, 6) is 0. The molecule has 0 aromatic rings. The van der Waals surface area contributed by atoms with Crippen LogP contribution in [0.3, 0.4) is 0 Å². The summed E-state index contributed by atoms with van der Waals surface area (Å²) in [5.41, 5.74) is 0. The first kappa shape index (κ1) is 12.7. The Labute approximate surface area is 82.4 Å². The van der Waals surface area contributed by atoms with Crippen molar-refractivity contribution >= 4 is 0 Å². The Bertz CT molecular complexity index is 125. The van der Waals surface area contributed by atoms with Gasteiger partial charge in [0.15, 0.2) is 0 Å². The van der Waals surface area contributed by atoms with Crippen LogP contribution in [-0.4, -0.2) is 25.8 Å². The standard InChI is InChI=1S/C11H23NO/c1-5-7-8-9-11(12-4)10(3)13-6-2/h5,10-12H,1,6-9H2,2-4H3. The molecule has 0 aromatic heterocycles. The number of rotatable bonds is 8. The van der Waals surface area contributed by atoms with Crippen LogP contribution in [-0.2, 0) is 4.74 Å². The first-order valence-corrected chi connectivity index (χ1v) is 5.16. The first-order valence-electron chi connectivity index (χ1n) is 5.16. The molecule has 0 radical (unpaired) electrons. The average molecular weight is 185 g/mol. The minimum atomic E-state index is 0.305. The van der Waals surface area contributed by atoms with Gasteiger partial charge in [0.25, 0.3) is 0 Å². The molecule has 2 atom stereocenters.